The smallest absolute Gasteiger partial charge is 0.326 e. The van der Waals surface area contributed by atoms with Gasteiger partial charge in [-0.15, -0.1) is 0 Å². The Morgan fingerprint density at radius 3 is 1.89 bits per heavy atom. The molecule has 208 valence electrons. The number of imidazole rings is 2. The SMILES string of the molecule is CC(C)CC(NC(=O)C(Cc1cnc[nH]1)NC(=O)C(CCC(N)=O)NC(=O)C(N)Cc1cnc[nH]1)C(=O)O. The van der Waals surface area contributed by atoms with E-state index in [9.17, 15) is 29.1 Å². The van der Waals surface area contributed by atoms with Crippen LogP contribution in [0.25, 0.3) is 0 Å². The van der Waals surface area contributed by atoms with Crippen molar-refractivity contribution < 1.29 is 29.1 Å². The Balaban J connectivity index is 2.18. The molecule has 15 heteroatoms. The molecule has 15 nitrogen and oxygen atoms in total. The number of amides is 4. The molecule has 2 aromatic heterocycles. The average Bonchev–Trinajstić information content (AvgIpc) is 3.54. The van der Waals surface area contributed by atoms with Gasteiger partial charge in [-0.2, -0.15) is 0 Å². The monoisotopic (exact) mass is 533 g/mol. The lowest BCUT2D eigenvalue weighted by molar-refractivity contribution is -0.142. The van der Waals surface area contributed by atoms with Crippen LogP contribution in [-0.4, -0.2) is 78.8 Å². The predicted octanol–water partition coefficient (Wildman–Crippen LogP) is -1.90. The quantitative estimate of drug-likeness (QED) is 0.120. The predicted molar refractivity (Wildman–Crippen MR) is 134 cm³/mol. The Hall–Kier alpha value is -4.27. The highest BCUT2D eigenvalue weighted by molar-refractivity contribution is 5.94. The first kappa shape index (κ1) is 30.0. The maximum Gasteiger partial charge on any atom is 0.326 e. The second kappa shape index (κ2) is 14.5. The van der Waals surface area contributed by atoms with Crippen LogP contribution < -0.4 is 27.4 Å². The van der Waals surface area contributed by atoms with Gasteiger partial charge in [-0.3, -0.25) is 19.2 Å². The van der Waals surface area contributed by atoms with Gasteiger partial charge in [-0.25, -0.2) is 14.8 Å². The van der Waals surface area contributed by atoms with Crippen molar-refractivity contribution in [3.8, 4) is 0 Å². The standard InChI is InChI=1S/C23H35N9O6/c1-12(2)5-18(23(37)38)32-22(36)17(7-14-9-27-11-29-14)31-21(35)16(3-4-19(25)33)30-20(34)15(24)6-13-8-26-10-28-13/h8-12,15-18H,3-7,24H2,1-2H3,(H2,25,33)(H,26,28)(H,27,29)(H,30,34)(H,31,35)(H,32,36)(H,37,38). The largest absolute Gasteiger partial charge is 0.480 e. The molecule has 0 radical (unpaired) electrons. The number of hydrogen-bond donors (Lipinski definition) is 8. The number of carbonyl (C=O) groups excluding carboxylic acids is 4. The highest BCUT2D eigenvalue weighted by Crippen LogP contribution is 2.08. The maximum absolute atomic E-state index is 13.2. The number of carboxylic acids is 1. The van der Waals surface area contributed by atoms with Crippen molar-refractivity contribution in [3.63, 3.8) is 0 Å². The van der Waals surface area contributed by atoms with Crippen molar-refractivity contribution in [2.75, 3.05) is 0 Å². The number of rotatable bonds is 16. The molecule has 0 aliphatic rings. The Kier molecular flexibility index (Phi) is 11.4. The lowest BCUT2D eigenvalue weighted by Crippen LogP contribution is -2.58. The summed E-state index contributed by atoms with van der Waals surface area (Å²) in [5, 5.41) is 17.0. The van der Waals surface area contributed by atoms with Gasteiger partial charge in [-0.1, -0.05) is 13.8 Å². The van der Waals surface area contributed by atoms with Crippen LogP contribution in [0.1, 0.15) is 44.5 Å². The zero-order valence-electron chi connectivity index (χ0n) is 21.3. The molecule has 38 heavy (non-hydrogen) atoms. The van der Waals surface area contributed by atoms with Crippen LogP contribution in [0.15, 0.2) is 25.0 Å². The van der Waals surface area contributed by atoms with Gasteiger partial charge in [0.15, 0.2) is 0 Å². The highest BCUT2D eigenvalue weighted by atomic mass is 16.4. The van der Waals surface area contributed by atoms with E-state index in [2.05, 4.69) is 35.9 Å². The number of nitrogens with two attached hydrogens (primary N) is 2. The number of nitrogens with one attached hydrogen (secondary N) is 5. The molecular weight excluding hydrogens is 498 g/mol. The summed E-state index contributed by atoms with van der Waals surface area (Å²) in [6, 6.07) is -4.67. The maximum atomic E-state index is 13.2. The van der Waals surface area contributed by atoms with Crippen LogP contribution in [0, 0.1) is 5.92 Å². The zero-order chi connectivity index (χ0) is 28.2. The first-order valence-electron chi connectivity index (χ1n) is 12.1. The zero-order valence-corrected chi connectivity index (χ0v) is 21.3. The van der Waals surface area contributed by atoms with Crippen LogP contribution in [0.4, 0.5) is 0 Å². The van der Waals surface area contributed by atoms with Crippen molar-refractivity contribution in [1.82, 2.24) is 35.9 Å². The lowest BCUT2D eigenvalue weighted by atomic mass is 10.0. The number of aliphatic carboxylic acids is 1. The molecule has 4 atom stereocenters. The molecular formula is C23H35N9O6. The minimum Gasteiger partial charge on any atom is -0.480 e. The highest BCUT2D eigenvalue weighted by Gasteiger charge is 2.31. The second-order valence-electron chi connectivity index (χ2n) is 9.32. The molecule has 2 rings (SSSR count). The second-order valence-corrected chi connectivity index (χ2v) is 9.32. The number of primary amides is 1. The van der Waals surface area contributed by atoms with Gasteiger partial charge < -0.3 is 42.5 Å². The van der Waals surface area contributed by atoms with Gasteiger partial charge in [0.25, 0.3) is 0 Å². The van der Waals surface area contributed by atoms with Crippen molar-refractivity contribution in [1.29, 1.82) is 0 Å². The normalized spacial score (nSPS) is 14.2. The first-order chi connectivity index (χ1) is 18.0. The fraction of sp³-hybridized carbons (Fsp3) is 0.522. The van der Waals surface area contributed by atoms with Crippen molar-refractivity contribution in [2.45, 2.75) is 70.1 Å². The van der Waals surface area contributed by atoms with E-state index < -0.39 is 53.8 Å². The van der Waals surface area contributed by atoms with Crippen molar-refractivity contribution in [3.05, 3.63) is 36.4 Å². The molecule has 0 saturated carbocycles. The molecule has 2 heterocycles. The molecule has 0 fully saturated rings. The summed E-state index contributed by atoms with van der Waals surface area (Å²) in [4.78, 5) is 75.5. The van der Waals surface area contributed by atoms with Gasteiger partial charge >= 0.3 is 5.97 Å². The minimum absolute atomic E-state index is 0.0172. The molecule has 4 amide bonds. The topological polar surface area (TPSA) is 251 Å². The number of aromatic nitrogens is 4. The van der Waals surface area contributed by atoms with Gasteiger partial charge in [0.05, 0.1) is 18.7 Å². The van der Waals surface area contributed by atoms with Crippen molar-refractivity contribution in [2.24, 2.45) is 17.4 Å². The van der Waals surface area contributed by atoms with Crippen molar-refractivity contribution >= 4 is 29.6 Å². The number of carboxylic acid groups (broad SMARTS) is 1. The molecule has 10 N–H and O–H groups in total. The van der Waals surface area contributed by atoms with E-state index in [0.29, 0.717) is 11.4 Å². The van der Waals surface area contributed by atoms with Gasteiger partial charge in [0.1, 0.15) is 18.1 Å². The van der Waals surface area contributed by atoms with E-state index in [4.69, 9.17) is 11.5 Å². The van der Waals surface area contributed by atoms with Gasteiger partial charge in [0, 0.05) is 43.0 Å². The van der Waals surface area contributed by atoms with E-state index >= 15 is 0 Å². The number of H-pyrrole nitrogens is 2. The fourth-order valence-corrected chi connectivity index (χ4v) is 3.62. The van der Waals surface area contributed by atoms with E-state index in [-0.39, 0.29) is 38.0 Å². The third kappa shape index (κ3) is 10.0. The molecule has 2 aromatic rings. The van der Waals surface area contributed by atoms with Crippen LogP contribution in [0.2, 0.25) is 0 Å². The Morgan fingerprint density at radius 1 is 0.868 bits per heavy atom. The average molecular weight is 534 g/mol. The summed E-state index contributed by atoms with van der Waals surface area (Å²) in [6.45, 7) is 3.63. The van der Waals surface area contributed by atoms with E-state index in [1.54, 1.807) is 0 Å². The summed E-state index contributed by atoms with van der Waals surface area (Å²) < 4.78 is 0. The number of aromatic amines is 2. The lowest BCUT2D eigenvalue weighted by Gasteiger charge is -2.25. The minimum atomic E-state index is -1.24. The van der Waals surface area contributed by atoms with Crippen LogP contribution in [0.3, 0.4) is 0 Å². The third-order valence-electron chi connectivity index (χ3n) is 5.58. The summed E-state index contributed by atoms with van der Waals surface area (Å²) in [7, 11) is 0. The molecule has 0 bridgehead atoms. The number of carbonyl (C=O) groups is 5. The summed E-state index contributed by atoms with van der Waals surface area (Å²) in [6.07, 6.45) is 5.68. The first-order valence-corrected chi connectivity index (χ1v) is 12.1. The Morgan fingerprint density at radius 2 is 1.39 bits per heavy atom. The van der Waals surface area contributed by atoms with Gasteiger partial charge in [0.2, 0.25) is 23.6 Å². The van der Waals surface area contributed by atoms with Gasteiger partial charge in [-0.05, 0) is 18.8 Å². The van der Waals surface area contributed by atoms with E-state index in [0.717, 1.165) is 0 Å². The Bertz CT molecular complexity index is 1070. The Labute approximate surface area is 218 Å². The molecule has 0 aliphatic heterocycles. The number of hydrogen-bond acceptors (Lipinski definition) is 8. The fourth-order valence-electron chi connectivity index (χ4n) is 3.62. The molecule has 0 aliphatic carbocycles. The van der Waals surface area contributed by atoms with Crippen LogP contribution in [0.5, 0.6) is 0 Å². The summed E-state index contributed by atoms with van der Waals surface area (Å²) in [5.41, 5.74) is 12.3. The molecule has 0 aromatic carbocycles. The summed E-state index contributed by atoms with van der Waals surface area (Å²) in [5.74, 6) is -4.10. The number of nitrogens with zero attached hydrogens (tertiary/aromatic N) is 2. The molecule has 4 unspecified atom stereocenters. The van der Waals surface area contributed by atoms with Crippen LogP contribution >= 0.6 is 0 Å². The van der Waals surface area contributed by atoms with E-state index in [1.165, 1.54) is 25.0 Å². The summed E-state index contributed by atoms with van der Waals surface area (Å²) >= 11 is 0. The third-order valence-corrected chi connectivity index (χ3v) is 5.58. The molecule has 0 saturated heterocycles. The molecule has 0 spiro atoms. The van der Waals surface area contributed by atoms with Crippen LogP contribution in [-0.2, 0) is 36.8 Å². The van der Waals surface area contributed by atoms with E-state index in [1.807, 2.05) is 13.8 Å².